The summed E-state index contributed by atoms with van der Waals surface area (Å²) < 4.78 is 5.13. The highest BCUT2D eigenvalue weighted by Gasteiger charge is 2.08. The fourth-order valence-electron chi connectivity index (χ4n) is 1.57. The van der Waals surface area contributed by atoms with Crippen molar-refractivity contribution in [1.82, 2.24) is 0 Å². The van der Waals surface area contributed by atoms with E-state index in [1.165, 1.54) is 10.9 Å². The average Bonchev–Trinajstić information content (AvgIpc) is 2.40. The van der Waals surface area contributed by atoms with Crippen LogP contribution in [0.4, 0.5) is 0 Å². The molecule has 1 nitrogen and oxygen atoms in total. The maximum absolute atomic E-state index is 6.45. The zero-order valence-corrected chi connectivity index (χ0v) is 11.9. The van der Waals surface area contributed by atoms with Gasteiger partial charge in [-0.1, -0.05) is 53.7 Å². The second-order valence-electron chi connectivity index (χ2n) is 3.70. The van der Waals surface area contributed by atoms with Gasteiger partial charge in [-0.15, -0.1) is 0 Å². The van der Waals surface area contributed by atoms with Gasteiger partial charge in [0.05, 0.1) is 7.11 Å². The summed E-state index contributed by atoms with van der Waals surface area (Å²) in [5, 5.41) is 1.22. The van der Waals surface area contributed by atoms with Crippen LogP contribution in [-0.4, -0.2) is 15.5 Å². The molecule has 1 unspecified atom stereocenters. The van der Waals surface area contributed by atoms with E-state index >= 15 is 0 Å². The van der Waals surface area contributed by atoms with Gasteiger partial charge < -0.3 is 4.74 Å². The summed E-state index contributed by atoms with van der Waals surface area (Å²) in [5.74, 6) is 0.882. The van der Waals surface area contributed by atoms with E-state index in [2.05, 4.69) is 24.3 Å². The molecule has 0 saturated carbocycles. The summed E-state index contributed by atoms with van der Waals surface area (Å²) in [6, 6.07) is 18.3. The van der Waals surface area contributed by atoms with E-state index in [-0.39, 0.29) is 8.41 Å². The SMILES string of the molecule is COc1ccc(CP(Cl)c2ccccc2)cc1.[B]. The molecule has 91 valence electrons. The van der Waals surface area contributed by atoms with Crippen LogP contribution >= 0.6 is 18.5 Å². The molecule has 18 heavy (non-hydrogen) atoms. The van der Waals surface area contributed by atoms with E-state index in [9.17, 15) is 0 Å². The lowest BCUT2D eigenvalue weighted by Crippen LogP contribution is -1.97. The Kier molecular flexibility index (Phi) is 6.25. The highest BCUT2D eigenvalue weighted by molar-refractivity contribution is 7.89. The molecule has 2 aromatic rings. The van der Waals surface area contributed by atoms with Crippen LogP contribution < -0.4 is 10.0 Å². The molecule has 1 atom stereocenters. The topological polar surface area (TPSA) is 9.23 Å². The number of rotatable bonds is 4. The van der Waals surface area contributed by atoms with Crippen LogP contribution in [0.2, 0.25) is 0 Å². The van der Waals surface area contributed by atoms with Crippen LogP contribution in [0.15, 0.2) is 54.6 Å². The standard InChI is InChI=1S/C14H14ClOP.B/c1-16-13-9-7-12(8-10-13)11-17(15)14-5-3-2-4-6-14;/h2-10H,11H2,1H3;. The van der Waals surface area contributed by atoms with Crippen LogP contribution in [0.3, 0.4) is 0 Å². The number of ether oxygens (including phenoxy) is 1. The molecule has 0 saturated heterocycles. The monoisotopic (exact) mass is 275 g/mol. The first kappa shape index (κ1) is 15.1. The zero-order valence-electron chi connectivity index (χ0n) is 10.2. The number of hydrogen-bond acceptors (Lipinski definition) is 1. The van der Waals surface area contributed by atoms with Crippen molar-refractivity contribution in [2.75, 3.05) is 7.11 Å². The Labute approximate surface area is 116 Å². The Morgan fingerprint density at radius 1 is 1.00 bits per heavy atom. The molecule has 0 N–H and O–H groups in total. The minimum absolute atomic E-state index is 0. The Balaban J connectivity index is 0.00000162. The summed E-state index contributed by atoms with van der Waals surface area (Å²) in [4.78, 5) is 0. The molecule has 0 aliphatic heterocycles. The second kappa shape index (κ2) is 7.46. The molecule has 2 rings (SSSR count). The van der Waals surface area contributed by atoms with Crippen molar-refractivity contribution in [3.05, 3.63) is 60.2 Å². The quantitative estimate of drug-likeness (QED) is 0.609. The van der Waals surface area contributed by atoms with E-state index in [1.54, 1.807) is 7.11 Å². The lowest BCUT2D eigenvalue weighted by atomic mass is 10.2. The normalized spacial score (nSPS) is 11.4. The molecule has 0 aliphatic rings. The molecule has 3 radical (unpaired) electrons. The molecular weight excluding hydrogens is 261 g/mol. The maximum Gasteiger partial charge on any atom is 0.118 e. The number of benzene rings is 2. The van der Waals surface area contributed by atoms with Crippen LogP contribution in [0.25, 0.3) is 0 Å². The van der Waals surface area contributed by atoms with Crippen molar-refractivity contribution < 1.29 is 4.74 Å². The van der Waals surface area contributed by atoms with Crippen LogP contribution in [0.5, 0.6) is 5.75 Å². The molecule has 2 aromatic carbocycles. The van der Waals surface area contributed by atoms with Crippen molar-refractivity contribution in [2.24, 2.45) is 0 Å². The summed E-state index contributed by atoms with van der Waals surface area (Å²) in [6.45, 7) is 0. The Morgan fingerprint density at radius 2 is 1.61 bits per heavy atom. The van der Waals surface area contributed by atoms with Gasteiger partial charge >= 0.3 is 0 Å². The van der Waals surface area contributed by atoms with Gasteiger partial charge in [0, 0.05) is 21.8 Å². The van der Waals surface area contributed by atoms with Crippen molar-refractivity contribution in [1.29, 1.82) is 0 Å². The van der Waals surface area contributed by atoms with Crippen molar-refractivity contribution >= 4 is 32.2 Å². The summed E-state index contributed by atoms with van der Waals surface area (Å²) in [7, 11) is 1.04. The van der Waals surface area contributed by atoms with E-state index in [4.69, 9.17) is 16.0 Å². The molecule has 0 aliphatic carbocycles. The Bertz CT molecular complexity index is 461. The third-order valence-electron chi connectivity index (χ3n) is 2.52. The van der Waals surface area contributed by atoms with E-state index in [1.807, 2.05) is 30.3 Å². The van der Waals surface area contributed by atoms with Gasteiger partial charge in [0.1, 0.15) is 5.75 Å². The van der Waals surface area contributed by atoms with E-state index in [0.717, 1.165) is 11.9 Å². The average molecular weight is 276 g/mol. The predicted molar refractivity (Wildman–Crippen MR) is 81.3 cm³/mol. The van der Waals surface area contributed by atoms with Gasteiger partial charge in [0.2, 0.25) is 0 Å². The van der Waals surface area contributed by atoms with Crippen molar-refractivity contribution in [3.63, 3.8) is 0 Å². The lowest BCUT2D eigenvalue weighted by Gasteiger charge is -2.10. The lowest BCUT2D eigenvalue weighted by molar-refractivity contribution is 0.414. The minimum atomic E-state index is -0.634. The molecule has 0 fully saturated rings. The summed E-state index contributed by atoms with van der Waals surface area (Å²) in [6.07, 6.45) is 0.894. The molecule has 0 bridgehead atoms. The van der Waals surface area contributed by atoms with E-state index < -0.39 is 7.27 Å². The molecule has 0 aromatic heterocycles. The smallest absolute Gasteiger partial charge is 0.118 e. The largest absolute Gasteiger partial charge is 0.497 e. The summed E-state index contributed by atoms with van der Waals surface area (Å²) in [5.41, 5.74) is 1.25. The Morgan fingerprint density at radius 3 is 2.17 bits per heavy atom. The molecule has 0 spiro atoms. The van der Waals surface area contributed by atoms with Gasteiger partial charge in [-0.25, -0.2) is 0 Å². The fourth-order valence-corrected chi connectivity index (χ4v) is 3.53. The first-order chi connectivity index (χ1) is 8.29. The van der Waals surface area contributed by atoms with Gasteiger partial charge in [-0.2, -0.15) is 0 Å². The third kappa shape index (κ3) is 4.05. The first-order valence-electron chi connectivity index (χ1n) is 5.41. The Hall–Kier alpha value is -0.975. The van der Waals surface area contributed by atoms with Gasteiger partial charge in [0.25, 0.3) is 0 Å². The number of hydrogen-bond donors (Lipinski definition) is 0. The molecule has 0 heterocycles. The molecular formula is C14H14BClOP. The highest BCUT2D eigenvalue weighted by Crippen LogP contribution is 2.43. The summed E-state index contributed by atoms with van der Waals surface area (Å²) >= 11 is 6.45. The van der Waals surface area contributed by atoms with Crippen molar-refractivity contribution in [2.45, 2.75) is 6.16 Å². The van der Waals surface area contributed by atoms with Gasteiger partial charge in [0.15, 0.2) is 0 Å². The number of halogens is 1. The minimum Gasteiger partial charge on any atom is -0.497 e. The fraction of sp³-hybridized carbons (Fsp3) is 0.143. The van der Waals surface area contributed by atoms with Gasteiger partial charge in [-0.05, 0) is 23.0 Å². The van der Waals surface area contributed by atoms with Gasteiger partial charge in [-0.3, -0.25) is 0 Å². The van der Waals surface area contributed by atoms with Crippen LogP contribution in [0, 0.1) is 0 Å². The maximum atomic E-state index is 6.45. The van der Waals surface area contributed by atoms with Crippen LogP contribution in [-0.2, 0) is 6.16 Å². The van der Waals surface area contributed by atoms with Crippen LogP contribution in [0.1, 0.15) is 5.56 Å². The predicted octanol–water partition coefficient (Wildman–Crippen LogP) is 3.78. The first-order valence-corrected chi connectivity index (χ1v) is 7.84. The van der Waals surface area contributed by atoms with Crippen molar-refractivity contribution in [3.8, 4) is 5.75 Å². The van der Waals surface area contributed by atoms with E-state index in [0.29, 0.717) is 0 Å². The highest BCUT2D eigenvalue weighted by atomic mass is 35.7. The molecule has 0 amide bonds. The zero-order chi connectivity index (χ0) is 12.1. The third-order valence-corrected chi connectivity index (χ3v) is 4.96. The molecule has 4 heteroatoms. The number of methoxy groups -OCH3 is 1. The second-order valence-corrected chi connectivity index (χ2v) is 6.49.